The summed E-state index contributed by atoms with van der Waals surface area (Å²) in [4.78, 5) is 42.2. The number of likely N-dealkylation sites (tertiary alicyclic amines) is 1. The van der Waals surface area contributed by atoms with E-state index in [1.54, 1.807) is 12.1 Å². The molecule has 2 aliphatic heterocycles. The fraction of sp³-hybridized carbons (Fsp3) is 0.529. The molecule has 0 bridgehead atoms. The average Bonchev–Trinajstić information content (AvgIpc) is 3.19. The molecule has 0 spiro atoms. The van der Waals surface area contributed by atoms with Crippen LogP contribution in [0.15, 0.2) is 18.3 Å². The van der Waals surface area contributed by atoms with Gasteiger partial charge in [-0.15, -0.1) is 0 Å². The lowest BCUT2D eigenvalue weighted by Gasteiger charge is -2.25. The van der Waals surface area contributed by atoms with Crippen LogP contribution in [0.4, 0.5) is 5.82 Å². The van der Waals surface area contributed by atoms with Crippen molar-refractivity contribution in [1.82, 2.24) is 15.2 Å². The third-order valence-corrected chi connectivity index (χ3v) is 5.10. The van der Waals surface area contributed by atoms with Crippen LogP contribution in [0.3, 0.4) is 0 Å². The lowest BCUT2D eigenvalue weighted by molar-refractivity contribution is -0.143. The first-order chi connectivity index (χ1) is 12.9. The van der Waals surface area contributed by atoms with Gasteiger partial charge < -0.3 is 20.1 Å². The minimum absolute atomic E-state index is 0.0309. The zero-order chi connectivity index (χ0) is 19.4. The number of carbonyl (C=O) groups excluding carboxylic acids is 3. The van der Waals surface area contributed by atoms with Crippen LogP contribution in [-0.4, -0.2) is 74.2 Å². The van der Waals surface area contributed by atoms with E-state index in [1.807, 2.05) is 4.90 Å². The summed E-state index contributed by atoms with van der Waals surface area (Å²) in [5, 5.41) is 5.81. The van der Waals surface area contributed by atoms with Crippen LogP contribution >= 0.6 is 11.6 Å². The molecule has 27 heavy (non-hydrogen) atoms. The summed E-state index contributed by atoms with van der Waals surface area (Å²) >= 11 is 5.78. The largest absolute Gasteiger partial charge is 0.468 e. The van der Waals surface area contributed by atoms with Gasteiger partial charge in [-0.25, -0.2) is 4.98 Å². The third kappa shape index (κ3) is 4.37. The Morgan fingerprint density at radius 2 is 2.26 bits per heavy atom. The van der Waals surface area contributed by atoms with Crippen molar-refractivity contribution in [3.63, 3.8) is 0 Å². The van der Waals surface area contributed by atoms with E-state index >= 15 is 0 Å². The number of nitrogens with one attached hydrogen (secondary N) is 2. The fourth-order valence-corrected chi connectivity index (χ4v) is 3.63. The minimum atomic E-state index is -0.757. The summed E-state index contributed by atoms with van der Waals surface area (Å²) in [5.41, 5.74) is -0.757. The Kier molecular flexibility index (Phi) is 5.93. The first-order valence-corrected chi connectivity index (χ1v) is 8.87. The van der Waals surface area contributed by atoms with E-state index in [2.05, 4.69) is 20.4 Å². The summed E-state index contributed by atoms with van der Waals surface area (Å²) in [6.45, 7) is 1.60. The zero-order valence-corrected chi connectivity index (χ0v) is 15.6. The van der Waals surface area contributed by atoms with Gasteiger partial charge in [0.1, 0.15) is 12.4 Å². The number of hydrogen-bond donors (Lipinski definition) is 2. The number of halogens is 1. The van der Waals surface area contributed by atoms with Gasteiger partial charge in [-0.05, 0) is 12.1 Å². The lowest BCUT2D eigenvalue weighted by atomic mass is 9.80. The zero-order valence-electron chi connectivity index (χ0n) is 14.9. The highest BCUT2D eigenvalue weighted by Gasteiger charge is 2.55. The monoisotopic (exact) mass is 396 g/mol. The van der Waals surface area contributed by atoms with Crippen molar-refractivity contribution in [2.75, 3.05) is 51.8 Å². The molecule has 2 aliphatic rings. The predicted molar refractivity (Wildman–Crippen MR) is 96.1 cm³/mol. The van der Waals surface area contributed by atoms with Gasteiger partial charge >= 0.3 is 5.97 Å². The molecule has 0 unspecified atom stereocenters. The van der Waals surface area contributed by atoms with Crippen molar-refractivity contribution in [1.29, 1.82) is 0 Å². The Bertz CT molecular complexity index is 729. The molecule has 9 nitrogen and oxygen atoms in total. The molecule has 1 aromatic rings. The summed E-state index contributed by atoms with van der Waals surface area (Å²) in [6, 6.07) is 3.26. The number of nitrogens with zero attached hydrogens (tertiary/aromatic N) is 2. The first-order valence-electron chi connectivity index (χ1n) is 8.49. The van der Waals surface area contributed by atoms with Crippen LogP contribution in [-0.2, 0) is 23.9 Å². The molecule has 3 heterocycles. The van der Waals surface area contributed by atoms with E-state index in [0.717, 1.165) is 0 Å². The van der Waals surface area contributed by atoms with Gasteiger partial charge in [-0.1, -0.05) is 11.6 Å². The number of anilines is 1. The van der Waals surface area contributed by atoms with E-state index < -0.39 is 11.4 Å². The molecule has 146 valence electrons. The quantitative estimate of drug-likeness (QED) is 0.647. The van der Waals surface area contributed by atoms with Gasteiger partial charge in [0.25, 0.3) is 0 Å². The molecular formula is C17H21ClN4O5. The Morgan fingerprint density at radius 3 is 2.96 bits per heavy atom. The fourth-order valence-electron chi connectivity index (χ4n) is 3.52. The number of methoxy groups -OCH3 is 1. The summed E-state index contributed by atoms with van der Waals surface area (Å²) in [6.07, 6.45) is 1.45. The van der Waals surface area contributed by atoms with Gasteiger partial charge in [-0.2, -0.15) is 0 Å². The maximum atomic E-state index is 12.7. The topological polar surface area (TPSA) is 110 Å². The minimum Gasteiger partial charge on any atom is -0.468 e. The summed E-state index contributed by atoms with van der Waals surface area (Å²) in [7, 11) is 1.26. The first kappa shape index (κ1) is 19.5. The number of carbonyl (C=O) groups is 3. The third-order valence-electron chi connectivity index (χ3n) is 4.88. The van der Waals surface area contributed by atoms with Crippen molar-refractivity contribution in [3.8, 4) is 0 Å². The number of hydrogen-bond acceptors (Lipinski definition) is 7. The second-order valence-electron chi connectivity index (χ2n) is 6.71. The van der Waals surface area contributed by atoms with E-state index in [9.17, 15) is 14.4 Å². The number of aromatic nitrogens is 1. The lowest BCUT2D eigenvalue weighted by Crippen LogP contribution is -2.48. The van der Waals surface area contributed by atoms with Crippen molar-refractivity contribution < 1.29 is 23.9 Å². The number of ether oxygens (including phenoxy) is 2. The maximum Gasteiger partial charge on any atom is 0.325 e. The second kappa shape index (κ2) is 8.20. The standard InChI is InChI=1S/C17H21ClN4O5/c1-26-15(24)5-20-16(25)17-9-22(6-11(17)8-27-10-17)7-14(23)21-13-3-2-12(18)4-19-13/h2-4,11H,5-10H2,1H3,(H,20,25)(H,19,21,23)/t11-,17-/m0/s1. The predicted octanol–water partition coefficient (Wildman–Crippen LogP) is -0.0889. The number of pyridine rings is 1. The van der Waals surface area contributed by atoms with Crippen LogP contribution in [0.25, 0.3) is 0 Å². The molecule has 2 saturated heterocycles. The van der Waals surface area contributed by atoms with Crippen LogP contribution in [0.5, 0.6) is 0 Å². The molecule has 10 heteroatoms. The van der Waals surface area contributed by atoms with E-state index in [-0.39, 0.29) is 37.4 Å². The molecule has 1 aromatic heterocycles. The number of fused-ring (bicyclic) bond motifs is 1. The molecule has 3 rings (SSSR count). The van der Waals surface area contributed by atoms with E-state index in [1.165, 1.54) is 13.3 Å². The van der Waals surface area contributed by atoms with Crippen molar-refractivity contribution in [2.24, 2.45) is 11.3 Å². The van der Waals surface area contributed by atoms with Crippen molar-refractivity contribution in [3.05, 3.63) is 23.4 Å². The van der Waals surface area contributed by atoms with Crippen LogP contribution in [0, 0.1) is 11.3 Å². The highest BCUT2D eigenvalue weighted by atomic mass is 35.5. The Balaban J connectivity index is 1.58. The molecular weight excluding hydrogens is 376 g/mol. The van der Waals surface area contributed by atoms with Gasteiger partial charge in [0.05, 0.1) is 37.3 Å². The Hall–Kier alpha value is -2.23. The SMILES string of the molecule is COC(=O)CNC(=O)[C@@]12COC[C@@H]1CN(CC(=O)Nc1ccc(Cl)cn1)C2. The highest BCUT2D eigenvalue weighted by molar-refractivity contribution is 6.30. The van der Waals surface area contributed by atoms with Crippen molar-refractivity contribution in [2.45, 2.75) is 0 Å². The Labute approximate surface area is 161 Å². The molecule has 0 aromatic carbocycles. The maximum absolute atomic E-state index is 12.7. The smallest absolute Gasteiger partial charge is 0.325 e. The normalized spacial score (nSPS) is 24.3. The van der Waals surface area contributed by atoms with Crippen LogP contribution in [0.1, 0.15) is 0 Å². The molecule has 0 radical (unpaired) electrons. The highest BCUT2D eigenvalue weighted by Crippen LogP contribution is 2.41. The molecule has 2 N–H and O–H groups in total. The van der Waals surface area contributed by atoms with E-state index in [4.69, 9.17) is 16.3 Å². The number of rotatable bonds is 6. The van der Waals surface area contributed by atoms with Crippen LogP contribution < -0.4 is 10.6 Å². The average molecular weight is 397 g/mol. The van der Waals surface area contributed by atoms with E-state index in [0.29, 0.717) is 30.5 Å². The van der Waals surface area contributed by atoms with Gasteiger partial charge in [0.15, 0.2) is 0 Å². The van der Waals surface area contributed by atoms with Gasteiger partial charge in [-0.3, -0.25) is 19.3 Å². The van der Waals surface area contributed by atoms with Crippen molar-refractivity contribution >= 4 is 35.2 Å². The number of amides is 2. The molecule has 2 atom stereocenters. The van der Waals surface area contributed by atoms with Crippen LogP contribution in [0.2, 0.25) is 5.02 Å². The molecule has 0 aliphatic carbocycles. The molecule has 2 fully saturated rings. The summed E-state index contributed by atoms with van der Waals surface area (Å²) in [5.74, 6) is -0.609. The molecule has 0 saturated carbocycles. The number of esters is 1. The summed E-state index contributed by atoms with van der Waals surface area (Å²) < 4.78 is 10.1. The van der Waals surface area contributed by atoms with Gasteiger partial charge in [0, 0.05) is 25.2 Å². The second-order valence-corrected chi connectivity index (χ2v) is 7.14. The Morgan fingerprint density at radius 1 is 1.44 bits per heavy atom. The molecule has 2 amide bonds. The van der Waals surface area contributed by atoms with Gasteiger partial charge in [0.2, 0.25) is 11.8 Å².